The number of hydrogen-bond donors (Lipinski definition) is 3. The molecule has 1 atom stereocenters. The third kappa shape index (κ3) is 8.98. The lowest BCUT2D eigenvalue weighted by atomic mass is 10.1. The summed E-state index contributed by atoms with van der Waals surface area (Å²) in [6.45, 7) is 1.31. The van der Waals surface area contributed by atoms with Crippen LogP contribution in [0.5, 0.6) is 0 Å². The zero-order valence-electron chi connectivity index (χ0n) is 11.2. The molecule has 0 saturated heterocycles. The van der Waals surface area contributed by atoms with Gasteiger partial charge >= 0.3 is 6.03 Å². The lowest BCUT2D eigenvalue weighted by Gasteiger charge is -2.15. The van der Waals surface area contributed by atoms with Crippen molar-refractivity contribution < 1.29 is 18.8 Å². The van der Waals surface area contributed by atoms with Crippen LogP contribution in [0.25, 0.3) is 0 Å². The second-order valence-electron chi connectivity index (χ2n) is 4.28. The predicted octanol–water partition coefficient (Wildman–Crippen LogP) is 0.648. The molecule has 6 nitrogen and oxygen atoms in total. The van der Waals surface area contributed by atoms with Crippen molar-refractivity contribution in [2.24, 2.45) is 5.73 Å². The molecule has 4 N–H and O–H groups in total. The van der Waals surface area contributed by atoms with Crippen molar-refractivity contribution in [2.45, 2.75) is 45.1 Å². The van der Waals surface area contributed by atoms with Crippen LogP contribution in [0.15, 0.2) is 0 Å². The maximum atomic E-state index is 12.3. The lowest BCUT2D eigenvalue weighted by Crippen LogP contribution is -2.48. The van der Waals surface area contributed by atoms with E-state index in [1.807, 2.05) is 0 Å². The summed E-state index contributed by atoms with van der Waals surface area (Å²) in [6, 6.07) is -1.79. The number of nitrogens with one attached hydrogen (secondary N) is 2. The molecule has 0 radical (unpaired) electrons. The van der Waals surface area contributed by atoms with Gasteiger partial charge < -0.3 is 16.4 Å². The van der Waals surface area contributed by atoms with Crippen molar-refractivity contribution in [3.63, 3.8) is 0 Å². The predicted molar refractivity (Wildman–Crippen MR) is 69.3 cm³/mol. The minimum Gasteiger partial charge on any atom is -0.370 e. The van der Waals surface area contributed by atoms with Crippen molar-refractivity contribution in [2.75, 3.05) is 13.2 Å². The number of halogens is 1. The van der Waals surface area contributed by atoms with Crippen LogP contribution in [0.1, 0.15) is 39.0 Å². The second-order valence-corrected chi connectivity index (χ2v) is 4.28. The van der Waals surface area contributed by atoms with Gasteiger partial charge in [-0.2, -0.15) is 0 Å². The van der Waals surface area contributed by atoms with E-state index in [2.05, 4.69) is 17.6 Å². The normalized spacial score (nSPS) is 11.7. The van der Waals surface area contributed by atoms with E-state index >= 15 is 0 Å². The molecule has 0 rings (SSSR count). The Balaban J connectivity index is 4.02. The highest BCUT2D eigenvalue weighted by molar-refractivity contribution is 5.93. The first kappa shape index (κ1) is 17.3. The van der Waals surface area contributed by atoms with Crippen molar-refractivity contribution in [1.29, 1.82) is 0 Å². The molecule has 3 amide bonds. The van der Waals surface area contributed by atoms with Crippen molar-refractivity contribution in [3.8, 4) is 0 Å². The Morgan fingerprint density at radius 3 is 2.42 bits per heavy atom. The molecule has 19 heavy (non-hydrogen) atoms. The zero-order chi connectivity index (χ0) is 14.7. The minimum absolute atomic E-state index is 0.397. The largest absolute Gasteiger partial charge is 0.370 e. The number of ketones is 1. The second kappa shape index (κ2) is 10.3. The number of urea groups is 1. The molecule has 110 valence electrons. The molecule has 1 unspecified atom stereocenters. The monoisotopic (exact) mass is 275 g/mol. The fourth-order valence-electron chi connectivity index (χ4n) is 1.50. The van der Waals surface area contributed by atoms with Gasteiger partial charge in [-0.25, -0.2) is 9.18 Å². The molecular weight excluding hydrogens is 253 g/mol. The highest BCUT2D eigenvalue weighted by atomic mass is 19.1. The van der Waals surface area contributed by atoms with Crippen LogP contribution in [-0.2, 0) is 9.59 Å². The van der Waals surface area contributed by atoms with Gasteiger partial charge in [-0.15, -0.1) is 0 Å². The standard InChI is InChI=1S/C12H22FN3O3/c1-2-3-4-5-6-15-12(19)16-9(7-11(14)18)10(17)8-13/h9H,2-8H2,1H3,(H2,14,18)(H2,15,16,19). The van der Waals surface area contributed by atoms with Crippen LogP contribution in [0.4, 0.5) is 9.18 Å². The Labute approximate surface area is 112 Å². The topological polar surface area (TPSA) is 101 Å². The van der Waals surface area contributed by atoms with Gasteiger partial charge in [-0.3, -0.25) is 9.59 Å². The highest BCUT2D eigenvalue weighted by Crippen LogP contribution is 1.98. The van der Waals surface area contributed by atoms with E-state index in [0.29, 0.717) is 6.54 Å². The number of Topliss-reactive ketones (excluding diaryl/α,β-unsaturated/α-hetero) is 1. The van der Waals surface area contributed by atoms with Crippen LogP contribution < -0.4 is 16.4 Å². The van der Waals surface area contributed by atoms with Crippen molar-refractivity contribution >= 4 is 17.7 Å². The van der Waals surface area contributed by atoms with Gasteiger partial charge in [0, 0.05) is 6.54 Å². The molecule has 0 bridgehead atoms. The first-order valence-electron chi connectivity index (χ1n) is 6.42. The molecular formula is C12H22FN3O3. The first-order chi connectivity index (χ1) is 9.01. The van der Waals surface area contributed by atoms with Crippen LogP contribution in [0, 0.1) is 0 Å². The number of unbranched alkanes of at least 4 members (excludes halogenated alkanes) is 3. The summed E-state index contributed by atoms with van der Waals surface area (Å²) < 4.78 is 12.3. The molecule has 0 spiro atoms. The number of alkyl halides is 1. The van der Waals surface area contributed by atoms with E-state index in [1.54, 1.807) is 0 Å². The third-order valence-electron chi connectivity index (χ3n) is 2.55. The molecule has 0 aliphatic heterocycles. The molecule has 0 aliphatic rings. The summed E-state index contributed by atoms with van der Waals surface area (Å²) in [4.78, 5) is 33.3. The highest BCUT2D eigenvalue weighted by Gasteiger charge is 2.22. The molecule has 0 aromatic rings. The molecule has 7 heteroatoms. The molecule has 0 heterocycles. The van der Waals surface area contributed by atoms with Gasteiger partial charge in [0.05, 0.1) is 6.42 Å². The van der Waals surface area contributed by atoms with Gasteiger partial charge in [-0.1, -0.05) is 26.2 Å². The van der Waals surface area contributed by atoms with Gasteiger partial charge in [0.1, 0.15) is 12.7 Å². The Morgan fingerprint density at radius 1 is 1.21 bits per heavy atom. The number of nitrogens with two attached hydrogens (primary N) is 1. The molecule has 0 aliphatic carbocycles. The molecule has 0 saturated carbocycles. The number of rotatable bonds is 10. The number of carbonyl (C=O) groups excluding carboxylic acids is 3. The van der Waals surface area contributed by atoms with E-state index < -0.39 is 36.9 Å². The van der Waals surface area contributed by atoms with Crippen LogP contribution >= 0.6 is 0 Å². The SMILES string of the molecule is CCCCCCNC(=O)NC(CC(N)=O)C(=O)CF. The average Bonchev–Trinajstić information content (AvgIpc) is 2.36. The third-order valence-corrected chi connectivity index (χ3v) is 2.55. The number of hydrogen-bond acceptors (Lipinski definition) is 3. The minimum atomic E-state index is -1.24. The van der Waals surface area contributed by atoms with Crippen molar-refractivity contribution in [1.82, 2.24) is 10.6 Å². The molecule has 0 aromatic carbocycles. The summed E-state index contributed by atoms with van der Waals surface area (Å²) in [6.07, 6.45) is 3.63. The Morgan fingerprint density at radius 2 is 1.89 bits per heavy atom. The summed E-state index contributed by atoms with van der Waals surface area (Å²) >= 11 is 0. The fraction of sp³-hybridized carbons (Fsp3) is 0.750. The maximum Gasteiger partial charge on any atom is 0.315 e. The zero-order valence-corrected chi connectivity index (χ0v) is 11.2. The summed E-state index contributed by atoms with van der Waals surface area (Å²) in [5.41, 5.74) is 4.93. The lowest BCUT2D eigenvalue weighted by molar-refractivity contribution is -0.126. The smallest absolute Gasteiger partial charge is 0.315 e. The van der Waals surface area contributed by atoms with E-state index in [4.69, 9.17) is 5.73 Å². The summed E-state index contributed by atoms with van der Waals surface area (Å²) in [5.74, 6) is -1.63. The average molecular weight is 275 g/mol. The van der Waals surface area contributed by atoms with Crippen LogP contribution in [-0.4, -0.2) is 37.0 Å². The van der Waals surface area contributed by atoms with Crippen LogP contribution in [0.2, 0.25) is 0 Å². The number of primary amides is 1. The number of amides is 3. The van der Waals surface area contributed by atoms with Gasteiger partial charge in [0.25, 0.3) is 0 Å². The fourth-order valence-corrected chi connectivity index (χ4v) is 1.50. The van der Waals surface area contributed by atoms with E-state index in [-0.39, 0.29) is 0 Å². The van der Waals surface area contributed by atoms with E-state index in [9.17, 15) is 18.8 Å². The van der Waals surface area contributed by atoms with Gasteiger partial charge in [0.15, 0.2) is 5.78 Å². The van der Waals surface area contributed by atoms with Gasteiger partial charge in [0.2, 0.25) is 5.91 Å². The first-order valence-corrected chi connectivity index (χ1v) is 6.42. The Bertz CT molecular complexity index is 311. The Hall–Kier alpha value is -1.66. The summed E-state index contributed by atoms with van der Waals surface area (Å²) in [7, 11) is 0. The van der Waals surface area contributed by atoms with E-state index in [1.165, 1.54) is 0 Å². The van der Waals surface area contributed by atoms with Crippen molar-refractivity contribution in [3.05, 3.63) is 0 Å². The maximum absolute atomic E-state index is 12.3. The molecule has 0 aromatic heterocycles. The Kier molecular flexibility index (Phi) is 9.38. The quantitative estimate of drug-likeness (QED) is 0.510. The number of carbonyl (C=O) groups is 3. The summed E-state index contributed by atoms with van der Waals surface area (Å²) in [5, 5.41) is 4.80. The van der Waals surface area contributed by atoms with E-state index in [0.717, 1.165) is 25.7 Å². The van der Waals surface area contributed by atoms with Crippen LogP contribution in [0.3, 0.4) is 0 Å². The van der Waals surface area contributed by atoms with Gasteiger partial charge in [-0.05, 0) is 6.42 Å². The molecule has 0 fully saturated rings.